The third-order valence-corrected chi connectivity index (χ3v) is 2.75. The Labute approximate surface area is 94.3 Å². The summed E-state index contributed by atoms with van der Waals surface area (Å²) in [5, 5.41) is 3.07. The molecule has 0 saturated carbocycles. The number of alkyl halides is 1. The van der Waals surface area contributed by atoms with Crippen LogP contribution in [0.25, 0.3) is 0 Å². The molecule has 84 valence electrons. The van der Waals surface area contributed by atoms with Crippen molar-refractivity contribution in [2.45, 2.75) is 18.5 Å². The van der Waals surface area contributed by atoms with Crippen LogP contribution in [0.2, 0.25) is 0 Å². The van der Waals surface area contributed by atoms with Crippen molar-refractivity contribution in [1.82, 2.24) is 5.32 Å². The fraction of sp³-hybridized carbons (Fsp3) is 0.455. The highest BCUT2D eigenvalue weighted by atomic mass is 35.5. The Balaban J connectivity index is 0.00000112. The monoisotopic (exact) mass is 233 g/mol. The molecule has 1 heterocycles. The topological polar surface area (TPSA) is 12.0 Å². The summed E-state index contributed by atoms with van der Waals surface area (Å²) in [5.41, 5.74) is -1.27. The normalized spacial score (nSPS) is 19.3. The number of piperidine rings is 1. The van der Waals surface area contributed by atoms with Crippen molar-refractivity contribution >= 4 is 12.4 Å². The molecule has 1 N–H and O–H groups in total. The second-order valence-corrected chi connectivity index (χ2v) is 3.70. The van der Waals surface area contributed by atoms with Crippen LogP contribution in [-0.2, 0) is 5.67 Å². The van der Waals surface area contributed by atoms with Gasteiger partial charge < -0.3 is 5.32 Å². The number of halogens is 3. The van der Waals surface area contributed by atoms with Gasteiger partial charge in [-0.25, -0.2) is 8.78 Å². The average Bonchev–Trinajstić information content (AvgIpc) is 2.19. The minimum absolute atomic E-state index is 0. The van der Waals surface area contributed by atoms with E-state index in [1.807, 2.05) is 0 Å². The van der Waals surface area contributed by atoms with Crippen LogP contribution in [-0.4, -0.2) is 13.1 Å². The van der Waals surface area contributed by atoms with E-state index in [2.05, 4.69) is 5.32 Å². The number of nitrogens with one attached hydrogen (secondary N) is 1. The van der Waals surface area contributed by atoms with E-state index >= 15 is 0 Å². The summed E-state index contributed by atoms with van der Waals surface area (Å²) in [5.74, 6) is -0.433. The van der Waals surface area contributed by atoms with E-state index in [1.54, 1.807) is 18.2 Å². The van der Waals surface area contributed by atoms with Crippen LogP contribution in [0.5, 0.6) is 0 Å². The predicted octanol–water partition coefficient (Wildman–Crippen LogP) is 2.80. The lowest BCUT2D eigenvalue weighted by atomic mass is 9.86. The molecule has 0 radical (unpaired) electrons. The number of benzene rings is 1. The van der Waals surface area contributed by atoms with E-state index < -0.39 is 11.5 Å². The first-order chi connectivity index (χ1) is 6.72. The van der Waals surface area contributed by atoms with Crippen molar-refractivity contribution in [2.24, 2.45) is 0 Å². The van der Waals surface area contributed by atoms with Crippen LogP contribution < -0.4 is 5.32 Å². The van der Waals surface area contributed by atoms with E-state index in [9.17, 15) is 8.78 Å². The number of hydrogen-bond acceptors (Lipinski definition) is 1. The molecule has 1 saturated heterocycles. The molecule has 0 aromatic heterocycles. The third kappa shape index (κ3) is 2.47. The van der Waals surface area contributed by atoms with Gasteiger partial charge in [-0.1, -0.05) is 18.2 Å². The molecule has 0 atom stereocenters. The van der Waals surface area contributed by atoms with Crippen molar-refractivity contribution in [3.05, 3.63) is 35.6 Å². The summed E-state index contributed by atoms with van der Waals surface area (Å²) in [6.07, 6.45) is 0.710. The third-order valence-electron chi connectivity index (χ3n) is 2.75. The first-order valence-electron chi connectivity index (χ1n) is 4.87. The fourth-order valence-electron chi connectivity index (χ4n) is 1.92. The lowest BCUT2D eigenvalue weighted by Crippen LogP contribution is -2.37. The highest BCUT2D eigenvalue weighted by molar-refractivity contribution is 5.85. The molecular weight excluding hydrogens is 220 g/mol. The molecule has 0 bridgehead atoms. The van der Waals surface area contributed by atoms with Crippen molar-refractivity contribution in [2.75, 3.05) is 13.1 Å². The van der Waals surface area contributed by atoms with Gasteiger partial charge in [-0.05, 0) is 32.0 Å². The van der Waals surface area contributed by atoms with Crippen LogP contribution in [0, 0.1) is 5.82 Å². The van der Waals surface area contributed by atoms with Gasteiger partial charge in [-0.15, -0.1) is 12.4 Å². The molecule has 1 fully saturated rings. The van der Waals surface area contributed by atoms with Gasteiger partial charge in [0.05, 0.1) is 0 Å². The summed E-state index contributed by atoms with van der Waals surface area (Å²) in [6, 6.07) is 6.13. The largest absolute Gasteiger partial charge is 0.316 e. The van der Waals surface area contributed by atoms with E-state index in [-0.39, 0.29) is 18.0 Å². The van der Waals surface area contributed by atoms with E-state index in [1.165, 1.54) is 6.07 Å². The minimum Gasteiger partial charge on any atom is -0.316 e. The van der Waals surface area contributed by atoms with E-state index in [0.29, 0.717) is 25.9 Å². The van der Waals surface area contributed by atoms with Crippen molar-refractivity contribution < 1.29 is 8.78 Å². The first kappa shape index (κ1) is 12.4. The maximum absolute atomic E-state index is 14.3. The number of rotatable bonds is 1. The summed E-state index contributed by atoms with van der Waals surface area (Å²) in [7, 11) is 0. The molecule has 4 heteroatoms. The second kappa shape index (κ2) is 4.90. The second-order valence-electron chi connectivity index (χ2n) is 3.70. The van der Waals surface area contributed by atoms with Crippen LogP contribution in [0.15, 0.2) is 24.3 Å². The molecular formula is C11H14ClF2N. The molecule has 15 heavy (non-hydrogen) atoms. The van der Waals surface area contributed by atoms with Crippen LogP contribution in [0.1, 0.15) is 18.4 Å². The fourth-order valence-corrected chi connectivity index (χ4v) is 1.92. The predicted molar refractivity (Wildman–Crippen MR) is 58.5 cm³/mol. The van der Waals surface area contributed by atoms with Crippen LogP contribution in [0.4, 0.5) is 8.78 Å². The smallest absolute Gasteiger partial charge is 0.141 e. The Morgan fingerprint density at radius 3 is 2.33 bits per heavy atom. The molecule has 0 spiro atoms. The van der Waals surface area contributed by atoms with Crippen molar-refractivity contribution in [3.8, 4) is 0 Å². The van der Waals surface area contributed by atoms with Gasteiger partial charge in [-0.2, -0.15) is 0 Å². The van der Waals surface area contributed by atoms with Gasteiger partial charge in [0.15, 0.2) is 0 Å². The molecule has 1 aliphatic rings. The summed E-state index contributed by atoms with van der Waals surface area (Å²) in [6.45, 7) is 1.23. The van der Waals surface area contributed by atoms with Crippen molar-refractivity contribution in [1.29, 1.82) is 0 Å². The molecule has 1 nitrogen and oxygen atoms in total. The first-order valence-corrected chi connectivity index (χ1v) is 4.87. The minimum atomic E-state index is -1.48. The molecule has 1 aliphatic heterocycles. The molecule has 0 amide bonds. The molecule has 1 aromatic carbocycles. The Kier molecular flexibility index (Phi) is 4.05. The maximum Gasteiger partial charge on any atom is 0.141 e. The summed E-state index contributed by atoms with van der Waals surface area (Å²) >= 11 is 0. The molecule has 0 unspecified atom stereocenters. The Morgan fingerprint density at radius 2 is 1.73 bits per heavy atom. The Hall–Kier alpha value is -0.670. The highest BCUT2D eigenvalue weighted by Gasteiger charge is 2.35. The quantitative estimate of drug-likeness (QED) is 0.787. The van der Waals surface area contributed by atoms with Gasteiger partial charge in [0.25, 0.3) is 0 Å². The van der Waals surface area contributed by atoms with Gasteiger partial charge in [-0.3, -0.25) is 0 Å². The molecule has 0 aliphatic carbocycles. The van der Waals surface area contributed by atoms with Crippen molar-refractivity contribution in [3.63, 3.8) is 0 Å². The lowest BCUT2D eigenvalue weighted by Gasteiger charge is -2.30. The van der Waals surface area contributed by atoms with Crippen LogP contribution in [0.3, 0.4) is 0 Å². The zero-order valence-electron chi connectivity index (χ0n) is 8.30. The molecule has 1 aromatic rings. The van der Waals surface area contributed by atoms with E-state index in [0.717, 1.165) is 0 Å². The van der Waals surface area contributed by atoms with Crippen LogP contribution >= 0.6 is 12.4 Å². The number of hydrogen-bond donors (Lipinski definition) is 1. The van der Waals surface area contributed by atoms with Gasteiger partial charge in [0.1, 0.15) is 11.5 Å². The van der Waals surface area contributed by atoms with Gasteiger partial charge in [0.2, 0.25) is 0 Å². The standard InChI is InChI=1S/C11H13F2N.ClH/c12-10-4-2-1-3-9(10)11(13)5-7-14-8-6-11;/h1-4,14H,5-8H2;1H. The zero-order chi connectivity index (χ0) is 10.0. The van der Waals surface area contributed by atoms with Gasteiger partial charge in [0, 0.05) is 5.56 Å². The SMILES string of the molecule is Cl.Fc1ccccc1C1(F)CCNCC1. The Morgan fingerprint density at radius 1 is 1.13 bits per heavy atom. The van der Waals surface area contributed by atoms with E-state index in [4.69, 9.17) is 0 Å². The molecule has 2 rings (SSSR count). The summed E-state index contributed by atoms with van der Waals surface area (Å²) in [4.78, 5) is 0. The zero-order valence-corrected chi connectivity index (χ0v) is 9.12. The highest BCUT2D eigenvalue weighted by Crippen LogP contribution is 2.36. The van der Waals surface area contributed by atoms with Gasteiger partial charge >= 0.3 is 0 Å². The Bertz CT molecular complexity index is 324. The average molecular weight is 234 g/mol. The lowest BCUT2D eigenvalue weighted by molar-refractivity contribution is 0.110. The maximum atomic E-state index is 14.3. The summed E-state index contributed by atoms with van der Waals surface area (Å²) < 4.78 is 27.6.